The number of carbonyl (C=O) groups is 2. The van der Waals surface area contributed by atoms with Crippen LogP contribution in [0, 0.1) is 0 Å². The van der Waals surface area contributed by atoms with Crippen LogP contribution < -0.4 is 10.6 Å². The maximum atomic E-state index is 12.7. The number of aromatic amines is 2. The second-order valence-corrected chi connectivity index (χ2v) is 16.3. The van der Waals surface area contributed by atoms with E-state index in [1.807, 2.05) is 158 Å². The average molecular weight is 861 g/mol. The van der Waals surface area contributed by atoms with Crippen molar-refractivity contribution < 1.29 is 19.8 Å². The minimum Gasteiger partial charge on any atom is -0.507 e. The smallest absolute Gasteiger partial charge is 0.221 e. The molecule has 0 fully saturated rings. The summed E-state index contributed by atoms with van der Waals surface area (Å²) < 4.78 is 0. The molecule has 9 aromatic rings. The lowest BCUT2D eigenvalue weighted by atomic mass is 9.96. The molecule has 6 aromatic carbocycles. The number of H-pyrrole nitrogens is 2. The molecule has 0 saturated carbocycles. The average Bonchev–Trinajstić information content (AvgIpc) is 4.17. The third-order valence-electron chi connectivity index (χ3n) is 12.1. The highest BCUT2D eigenvalue weighted by Crippen LogP contribution is 2.46. The molecule has 2 aliphatic rings. The molecule has 0 atom stereocenters. The van der Waals surface area contributed by atoms with Crippen molar-refractivity contribution in [2.24, 2.45) is 0 Å². The van der Waals surface area contributed by atoms with Gasteiger partial charge in [0.25, 0.3) is 0 Å². The zero-order valence-corrected chi connectivity index (χ0v) is 35.8. The van der Waals surface area contributed by atoms with Crippen LogP contribution in [0.15, 0.2) is 146 Å². The first-order valence-corrected chi connectivity index (χ1v) is 21.5. The molecule has 0 spiro atoms. The van der Waals surface area contributed by atoms with Gasteiger partial charge in [0, 0.05) is 91.8 Å². The predicted octanol–water partition coefficient (Wildman–Crippen LogP) is 13.0. The van der Waals surface area contributed by atoms with Gasteiger partial charge in [-0.3, -0.25) is 9.59 Å². The van der Waals surface area contributed by atoms with Crippen LogP contribution in [0.1, 0.15) is 36.6 Å². The quantitative estimate of drug-likeness (QED) is 0.0977. The molecule has 10 nitrogen and oxygen atoms in total. The van der Waals surface area contributed by atoms with Gasteiger partial charge in [0.1, 0.15) is 11.5 Å². The van der Waals surface area contributed by atoms with Crippen molar-refractivity contribution >= 4 is 91.1 Å². The molecule has 3 aromatic heterocycles. The number of nitrogens with one attached hydrogen (secondary N) is 4. The Balaban J connectivity index is 1.36. The summed E-state index contributed by atoms with van der Waals surface area (Å²) in [5.74, 6) is -0.286. The SMILES string of the molecule is CC(=O)Nc1ccccc1-c1c2nc(c(-c3c(O)ccc4ccccc34)c3ccc([nH]3)c(-c3ccccc3NC(C)=O)c3nc(c(-c4c(O)ccc5ccccc45)c4ccc1[nH]4)C=C3)C=C2. The Kier molecular flexibility index (Phi) is 9.62. The van der Waals surface area contributed by atoms with Gasteiger partial charge in [-0.2, -0.15) is 0 Å². The van der Waals surface area contributed by atoms with E-state index >= 15 is 0 Å². The van der Waals surface area contributed by atoms with Crippen molar-refractivity contribution in [1.29, 1.82) is 0 Å². The summed E-state index contributed by atoms with van der Waals surface area (Å²) >= 11 is 0. The largest absolute Gasteiger partial charge is 0.507 e. The molecule has 8 bridgehead atoms. The number of phenols is 2. The van der Waals surface area contributed by atoms with Crippen LogP contribution in [0.25, 0.3) is 112 Å². The first-order valence-electron chi connectivity index (χ1n) is 21.5. The number of carbonyl (C=O) groups excluding carboxylic acids is 2. The van der Waals surface area contributed by atoms with E-state index in [0.717, 1.165) is 32.7 Å². The summed E-state index contributed by atoms with van der Waals surface area (Å²) in [6.45, 7) is 2.96. The van der Waals surface area contributed by atoms with Crippen LogP contribution in [0.3, 0.4) is 0 Å². The highest BCUT2D eigenvalue weighted by Gasteiger charge is 2.24. The van der Waals surface area contributed by atoms with E-state index in [1.54, 1.807) is 12.1 Å². The summed E-state index contributed by atoms with van der Waals surface area (Å²) in [6, 6.07) is 46.2. The fourth-order valence-electron chi connectivity index (χ4n) is 9.34. The number of para-hydroxylation sites is 2. The van der Waals surface area contributed by atoms with E-state index < -0.39 is 0 Å². The van der Waals surface area contributed by atoms with Gasteiger partial charge in [0.05, 0.1) is 22.8 Å². The van der Waals surface area contributed by atoms with E-state index in [-0.39, 0.29) is 23.3 Å². The first-order chi connectivity index (χ1) is 32.2. The normalized spacial score (nSPS) is 11.9. The molecule has 0 saturated heterocycles. The number of benzene rings is 6. The zero-order chi connectivity index (χ0) is 45.1. The predicted molar refractivity (Wildman–Crippen MR) is 268 cm³/mol. The van der Waals surface area contributed by atoms with E-state index in [4.69, 9.17) is 9.97 Å². The van der Waals surface area contributed by atoms with Crippen LogP contribution in [0.4, 0.5) is 11.4 Å². The monoisotopic (exact) mass is 860 g/mol. The fraction of sp³-hybridized carbons (Fsp3) is 0.0357. The number of fused-ring (bicyclic) bond motifs is 10. The Bertz CT molecular complexity index is 3520. The zero-order valence-electron chi connectivity index (χ0n) is 35.8. The molecule has 66 heavy (non-hydrogen) atoms. The van der Waals surface area contributed by atoms with Gasteiger partial charge < -0.3 is 30.8 Å². The molecule has 6 N–H and O–H groups in total. The third-order valence-corrected chi connectivity index (χ3v) is 12.1. The van der Waals surface area contributed by atoms with Gasteiger partial charge >= 0.3 is 0 Å². The molecule has 0 radical (unpaired) electrons. The van der Waals surface area contributed by atoms with Crippen LogP contribution in [-0.2, 0) is 9.59 Å². The van der Waals surface area contributed by atoms with E-state index in [9.17, 15) is 19.8 Å². The van der Waals surface area contributed by atoms with Crippen molar-refractivity contribution in [3.05, 3.63) is 168 Å². The summed E-state index contributed by atoms with van der Waals surface area (Å²) in [5, 5.41) is 33.4. The molecule has 0 aliphatic carbocycles. The second-order valence-electron chi connectivity index (χ2n) is 16.3. The van der Waals surface area contributed by atoms with Crippen molar-refractivity contribution in [2.45, 2.75) is 13.8 Å². The molecular weight excluding hydrogens is 821 g/mol. The molecule has 2 amide bonds. The van der Waals surface area contributed by atoms with Gasteiger partial charge in [-0.05, 0) is 94.4 Å². The van der Waals surface area contributed by atoms with Gasteiger partial charge in [-0.25, -0.2) is 9.97 Å². The summed E-state index contributed by atoms with van der Waals surface area (Å²) in [4.78, 5) is 43.6. The Hall–Kier alpha value is -9.02. The lowest BCUT2D eigenvalue weighted by molar-refractivity contribution is -0.115. The Morgan fingerprint density at radius 3 is 1.17 bits per heavy atom. The molecule has 10 heteroatoms. The standard InChI is InChI=1S/C56H40N6O4/c1-31(63)57-39-17-9-7-15-37(39)51-41-21-25-45(59-41)55(53-35-13-5-3-11-33(35)19-29-49(53)65)47-27-23-43(61-47)52(38-16-8-10-18-40(38)58-32(2)64)44-24-28-48(62-44)56(46-26-22-42(51)60-46)54-36-14-6-4-12-34(36)20-30-50(54)66/h3-30,59,62,65-66H,1-2H3,(H,57,63)(H,58,64). The van der Waals surface area contributed by atoms with Crippen LogP contribution >= 0.6 is 0 Å². The number of hydrogen-bond donors (Lipinski definition) is 6. The Morgan fingerprint density at radius 2 is 0.758 bits per heavy atom. The van der Waals surface area contributed by atoms with Crippen LogP contribution in [0.5, 0.6) is 11.5 Å². The minimum atomic E-state index is -0.222. The van der Waals surface area contributed by atoms with Crippen molar-refractivity contribution in [2.75, 3.05) is 10.6 Å². The molecule has 11 rings (SSSR count). The highest BCUT2D eigenvalue weighted by atomic mass is 16.3. The van der Waals surface area contributed by atoms with E-state index in [0.29, 0.717) is 89.6 Å². The number of hydrogen-bond acceptors (Lipinski definition) is 6. The Morgan fingerprint density at radius 1 is 0.409 bits per heavy atom. The lowest BCUT2D eigenvalue weighted by Crippen LogP contribution is -2.07. The van der Waals surface area contributed by atoms with Crippen LogP contribution in [0.2, 0.25) is 0 Å². The van der Waals surface area contributed by atoms with Gasteiger partial charge in [0.2, 0.25) is 11.8 Å². The molecule has 5 heterocycles. The Labute approximate surface area is 378 Å². The van der Waals surface area contributed by atoms with Crippen molar-refractivity contribution in [3.8, 4) is 56.0 Å². The number of nitrogens with zero attached hydrogens (tertiary/aromatic N) is 2. The maximum Gasteiger partial charge on any atom is 0.221 e. The van der Waals surface area contributed by atoms with Gasteiger partial charge in [-0.1, -0.05) is 97.1 Å². The summed E-state index contributed by atoms with van der Waals surface area (Å²) in [7, 11) is 0. The van der Waals surface area contributed by atoms with Crippen molar-refractivity contribution in [3.63, 3.8) is 0 Å². The third kappa shape index (κ3) is 6.85. The van der Waals surface area contributed by atoms with E-state index in [2.05, 4.69) is 20.6 Å². The van der Waals surface area contributed by atoms with Gasteiger partial charge in [0.15, 0.2) is 0 Å². The topological polar surface area (TPSA) is 156 Å². The number of aromatic hydroxyl groups is 2. The van der Waals surface area contributed by atoms with E-state index in [1.165, 1.54) is 13.8 Å². The number of anilines is 2. The number of rotatable bonds is 6. The number of aromatic nitrogens is 4. The maximum absolute atomic E-state index is 12.7. The first kappa shape index (κ1) is 39.8. The van der Waals surface area contributed by atoms with Crippen molar-refractivity contribution in [1.82, 2.24) is 19.9 Å². The minimum absolute atomic E-state index is 0.0790. The number of phenolic OH excluding ortho intramolecular Hbond substituents is 2. The second kappa shape index (κ2) is 16.0. The fourth-order valence-corrected chi connectivity index (χ4v) is 9.34. The van der Waals surface area contributed by atoms with Crippen LogP contribution in [-0.4, -0.2) is 42.0 Å². The van der Waals surface area contributed by atoms with Gasteiger partial charge in [-0.15, -0.1) is 0 Å². The lowest BCUT2D eigenvalue weighted by Gasteiger charge is -2.13. The number of amides is 2. The summed E-state index contributed by atoms with van der Waals surface area (Å²) in [6.07, 6.45) is 7.80. The highest BCUT2D eigenvalue weighted by molar-refractivity contribution is 6.10. The molecule has 318 valence electrons. The molecule has 2 aliphatic heterocycles. The molecule has 0 unspecified atom stereocenters. The molecular formula is C56H40N6O4. The summed E-state index contributed by atoms with van der Waals surface area (Å²) in [5.41, 5.74) is 11.7.